The molecule has 0 unspecified atom stereocenters. The minimum atomic E-state index is -0.692. The average molecular weight is 418 g/mol. The molecule has 12 heteroatoms. The Balaban J connectivity index is 1.64. The van der Waals surface area contributed by atoms with Crippen molar-refractivity contribution in [1.82, 2.24) is 15.1 Å². The Labute approximate surface area is 167 Å². The molecule has 0 fully saturated rings. The number of nitrogens with one attached hydrogen (secondary N) is 3. The predicted octanol–water partition coefficient (Wildman–Crippen LogP) is 1.77. The number of halogens is 1. The largest absolute Gasteiger partial charge is 0.382 e. The van der Waals surface area contributed by atoms with Gasteiger partial charge < -0.3 is 20.9 Å². The van der Waals surface area contributed by atoms with Crippen LogP contribution in [0.1, 0.15) is 16.1 Å². The van der Waals surface area contributed by atoms with Crippen LogP contribution in [0.5, 0.6) is 0 Å². The molecule has 0 aliphatic rings. The van der Waals surface area contributed by atoms with E-state index in [0.29, 0.717) is 5.76 Å². The highest BCUT2D eigenvalue weighted by Gasteiger charge is 2.15. The third kappa shape index (κ3) is 5.19. The smallest absolute Gasteiger partial charge is 0.277 e. The molecule has 2 heterocycles. The number of anilines is 3. The van der Waals surface area contributed by atoms with Gasteiger partial charge in [-0.2, -0.15) is 0 Å². The zero-order valence-electron chi connectivity index (χ0n) is 15.0. The summed E-state index contributed by atoms with van der Waals surface area (Å²) in [6.45, 7) is 1.69. The Bertz CT molecular complexity index is 1110. The van der Waals surface area contributed by atoms with Crippen LogP contribution < -0.4 is 21.9 Å². The van der Waals surface area contributed by atoms with Gasteiger partial charge in [0, 0.05) is 11.6 Å². The number of rotatable bonds is 6. The second-order valence-corrected chi connectivity index (χ2v) is 6.72. The number of benzene rings is 1. The topological polar surface area (TPSA) is 156 Å². The second kappa shape index (κ2) is 8.56. The first-order valence-corrected chi connectivity index (χ1v) is 9.13. The van der Waals surface area contributed by atoms with Gasteiger partial charge >= 0.3 is 0 Å². The van der Waals surface area contributed by atoms with Gasteiger partial charge in [0.2, 0.25) is 5.91 Å². The fraction of sp³-hybridized carbons (Fsp3) is 0.118. The summed E-state index contributed by atoms with van der Waals surface area (Å²) in [5.41, 5.74) is 4.97. The van der Waals surface area contributed by atoms with Crippen molar-refractivity contribution in [1.29, 1.82) is 0 Å². The van der Waals surface area contributed by atoms with E-state index >= 15 is 0 Å². The van der Waals surface area contributed by atoms with Crippen molar-refractivity contribution in [2.24, 2.45) is 0 Å². The van der Waals surface area contributed by atoms with Crippen molar-refractivity contribution in [3.8, 4) is 0 Å². The lowest BCUT2D eigenvalue weighted by Crippen LogP contribution is -2.23. The van der Waals surface area contributed by atoms with Crippen molar-refractivity contribution < 1.29 is 18.5 Å². The van der Waals surface area contributed by atoms with E-state index in [1.165, 1.54) is 12.1 Å². The van der Waals surface area contributed by atoms with Crippen molar-refractivity contribution in [3.05, 3.63) is 57.8 Å². The number of H-pyrrole nitrogens is 1. The minimum absolute atomic E-state index is 0.0738. The molecule has 0 aliphatic carbocycles. The number of nitrogen functional groups attached to an aromatic ring is 1. The molecule has 0 saturated heterocycles. The Morgan fingerprint density at radius 1 is 1.28 bits per heavy atom. The molecular formula is C17H15FN6O4S. The molecule has 3 rings (SSSR count). The van der Waals surface area contributed by atoms with Crippen LogP contribution in [0.4, 0.5) is 21.7 Å². The maximum atomic E-state index is 12.9. The van der Waals surface area contributed by atoms with E-state index in [4.69, 9.17) is 10.3 Å². The molecule has 0 aliphatic heterocycles. The Hall–Kier alpha value is -3.67. The summed E-state index contributed by atoms with van der Waals surface area (Å²) in [4.78, 5) is 42.7. The van der Waals surface area contributed by atoms with Gasteiger partial charge in [-0.25, -0.2) is 9.37 Å². The molecule has 0 radical (unpaired) electrons. The highest BCUT2D eigenvalue weighted by atomic mass is 32.2. The molecule has 0 atom stereocenters. The Kier molecular flexibility index (Phi) is 5.93. The molecule has 10 nitrogen and oxygen atoms in total. The van der Waals surface area contributed by atoms with Crippen LogP contribution in [-0.4, -0.2) is 32.7 Å². The summed E-state index contributed by atoms with van der Waals surface area (Å²) >= 11 is 0.937. The van der Waals surface area contributed by atoms with Crippen LogP contribution >= 0.6 is 11.8 Å². The summed E-state index contributed by atoms with van der Waals surface area (Å²) in [7, 11) is 0. The maximum Gasteiger partial charge on any atom is 0.277 e. The normalized spacial score (nSPS) is 10.6. The third-order valence-electron chi connectivity index (χ3n) is 3.51. The minimum Gasteiger partial charge on any atom is -0.382 e. The van der Waals surface area contributed by atoms with Crippen molar-refractivity contribution in [3.63, 3.8) is 0 Å². The highest BCUT2D eigenvalue weighted by Crippen LogP contribution is 2.18. The maximum absolute atomic E-state index is 12.9. The lowest BCUT2D eigenvalue weighted by Gasteiger charge is -2.08. The molecule has 2 aromatic heterocycles. The Morgan fingerprint density at radius 3 is 2.62 bits per heavy atom. The second-order valence-electron chi connectivity index (χ2n) is 5.75. The van der Waals surface area contributed by atoms with Gasteiger partial charge in [-0.15, -0.1) is 0 Å². The monoisotopic (exact) mass is 418 g/mol. The van der Waals surface area contributed by atoms with Gasteiger partial charge in [0.15, 0.2) is 16.8 Å². The molecule has 0 bridgehead atoms. The van der Waals surface area contributed by atoms with Crippen LogP contribution in [0.25, 0.3) is 0 Å². The van der Waals surface area contributed by atoms with E-state index in [0.717, 1.165) is 23.9 Å². The molecule has 0 spiro atoms. The fourth-order valence-electron chi connectivity index (χ4n) is 2.18. The molecule has 3 aromatic rings. The highest BCUT2D eigenvalue weighted by molar-refractivity contribution is 7.99. The summed E-state index contributed by atoms with van der Waals surface area (Å²) in [5, 5.41) is 8.60. The van der Waals surface area contributed by atoms with E-state index in [-0.39, 0.29) is 33.8 Å². The van der Waals surface area contributed by atoms with Gasteiger partial charge in [-0.05, 0) is 31.2 Å². The zero-order valence-corrected chi connectivity index (χ0v) is 15.8. The number of amides is 2. The quantitative estimate of drug-likeness (QED) is 0.348. The molecular weight excluding hydrogens is 403 g/mol. The number of hydrogen-bond acceptors (Lipinski definition) is 8. The van der Waals surface area contributed by atoms with Gasteiger partial charge in [0.1, 0.15) is 17.3 Å². The number of hydrogen-bond donors (Lipinski definition) is 4. The number of carbonyl (C=O) groups excluding carboxylic acids is 2. The van der Waals surface area contributed by atoms with Crippen LogP contribution in [0.3, 0.4) is 0 Å². The first kappa shape index (κ1) is 20.1. The standard InChI is InChI=1S/C17H15FN6O4S/c1-8-6-11(24-28-8)20-12(25)7-29-17-22-14(19)13(16(27)23-17)21-15(26)9-2-4-10(18)5-3-9/h2-6H,7H2,1H3,(H,21,26)(H,20,24,25)(H3,19,22,23,27). The molecule has 1 aromatic carbocycles. The number of aryl methyl sites for hydroxylation is 1. The predicted molar refractivity (Wildman–Crippen MR) is 104 cm³/mol. The van der Waals surface area contributed by atoms with Gasteiger partial charge in [0.05, 0.1) is 5.75 Å². The average Bonchev–Trinajstić information content (AvgIpc) is 3.08. The SMILES string of the molecule is Cc1cc(NC(=O)CSc2nc(N)c(NC(=O)c3ccc(F)cc3)c(=O)[nH]2)no1. The number of nitrogens with zero attached hydrogens (tertiary/aromatic N) is 2. The Morgan fingerprint density at radius 2 is 2.00 bits per heavy atom. The van der Waals surface area contributed by atoms with Crippen LogP contribution in [-0.2, 0) is 4.79 Å². The van der Waals surface area contributed by atoms with Crippen molar-refractivity contribution >= 4 is 40.9 Å². The summed E-state index contributed by atoms with van der Waals surface area (Å²) < 4.78 is 17.8. The molecule has 150 valence electrons. The number of aromatic amines is 1. The zero-order chi connectivity index (χ0) is 21.0. The number of carbonyl (C=O) groups is 2. The molecule has 5 N–H and O–H groups in total. The summed E-state index contributed by atoms with van der Waals surface area (Å²) in [6, 6.07) is 6.32. The van der Waals surface area contributed by atoms with E-state index in [9.17, 15) is 18.8 Å². The molecule has 2 amide bonds. The van der Waals surface area contributed by atoms with Crippen molar-refractivity contribution in [2.45, 2.75) is 12.1 Å². The first-order chi connectivity index (χ1) is 13.8. The van der Waals surface area contributed by atoms with Crippen molar-refractivity contribution in [2.75, 3.05) is 22.1 Å². The molecule has 29 heavy (non-hydrogen) atoms. The number of nitrogens with two attached hydrogens (primary N) is 1. The van der Waals surface area contributed by atoms with Crippen LogP contribution in [0.2, 0.25) is 0 Å². The third-order valence-corrected chi connectivity index (χ3v) is 4.38. The number of thioether (sulfide) groups is 1. The lowest BCUT2D eigenvalue weighted by molar-refractivity contribution is -0.113. The van der Waals surface area contributed by atoms with E-state index in [1.807, 2.05) is 0 Å². The first-order valence-electron chi connectivity index (χ1n) is 8.14. The van der Waals surface area contributed by atoms with Crippen LogP contribution in [0, 0.1) is 12.7 Å². The number of aromatic nitrogens is 3. The van der Waals surface area contributed by atoms with Crippen LogP contribution in [0.15, 0.2) is 44.8 Å². The van der Waals surface area contributed by atoms with E-state index < -0.39 is 23.2 Å². The lowest BCUT2D eigenvalue weighted by atomic mass is 10.2. The fourth-order valence-corrected chi connectivity index (χ4v) is 2.85. The van der Waals surface area contributed by atoms with Gasteiger partial charge in [-0.3, -0.25) is 19.4 Å². The summed E-state index contributed by atoms with van der Waals surface area (Å²) in [5.74, 6) is -1.01. The van der Waals surface area contributed by atoms with Gasteiger partial charge in [-0.1, -0.05) is 16.9 Å². The molecule has 0 saturated carbocycles. The van der Waals surface area contributed by atoms with E-state index in [2.05, 4.69) is 25.8 Å². The van der Waals surface area contributed by atoms with E-state index in [1.54, 1.807) is 13.0 Å². The summed E-state index contributed by atoms with van der Waals surface area (Å²) in [6.07, 6.45) is 0. The van der Waals surface area contributed by atoms with Gasteiger partial charge in [0.25, 0.3) is 11.5 Å².